The molecule has 1 unspecified atom stereocenters. The maximum absolute atomic E-state index is 12.1. The van der Waals surface area contributed by atoms with Crippen LogP contribution < -0.4 is 0 Å². The zero-order valence-corrected chi connectivity index (χ0v) is 10.6. The van der Waals surface area contributed by atoms with E-state index in [1.54, 1.807) is 0 Å². The molecule has 1 saturated carbocycles. The minimum atomic E-state index is -0.312. The largest absolute Gasteiger partial charge is 0.367 e. The highest BCUT2D eigenvalue weighted by Crippen LogP contribution is 2.24. The standard InChI is InChI=1S/C15H20O2/c1-3-12-7-9-13(10-8-12)15(16)11(2)17-14-5-4-6-14/h7-11,14H,3-6H2,1-2H3. The second kappa shape index (κ2) is 5.46. The van der Waals surface area contributed by atoms with Crippen LogP contribution in [0.3, 0.4) is 0 Å². The minimum absolute atomic E-state index is 0.0968. The molecule has 2 nitrogen and oxygen atoms in total. The fraction of sp³-hybridized carbons (Fsp3) is 0.533. The normalized spacial score (nSPS) is 17.5. The number of Topliss-reactive ketones (excluding diaryl/α,β-unsaturated/α-hetero) is 1. The van der Waals surface area contributed by atoms with Crippen molar-refractivity contribution in [3.05, 3.63) is 35.4 Å². The quantitative estimate of drug-likeness (QED) is 0.727. The third-order valence-corrected chi connectivity index (χ3v) is 3.46. The molecule has 2 heteroatoms. The van der Waals surface area contributed by atoms with Crippen molar-refractivity contribution >= 4 is 5.78 Å². The predicted octanol–water partition coefficient (Wildman–Crippen LogP) is 3.39. The number of benzene rings is 1. The van der Waals surface area contributed by atoms with E-state index in [4.69, 9.17) is 4.74 Å². The van der Waals surface area contributed by atoms with Crippen LogP contribution in [0.5, 0.6) is 0 Å². The first-order chi connectivity index (χ1) is 8.20. The summed E-state index contributed by atoms with van der Waals surface area (Å²) in [6.45, 7) is 3.97. The number of aryl methyl sites for hydroxylation is 1. The van der Waals surface area contributed by atoms with Crippen molar-refractivity contribution in [1.82, 2.24) is 0 Å². The summed E-state index contributed by atoms with van der Waals surface area (Å²) >= 11 is 0. The SMILES string of the molecule is CCc1ccc(C(=O)C(C)OC2CCC2)cc1. The molecule has 1 aliphatic carbocycles. The van der Waals surface area contributed by atoms with E-state index in [1.807, 2.05) is 31.2 Å². The molecular formula is C15H20O2. The topological polar surface area (TPSA) is 26.3 Å². The number of carbonyl (C=O) groups is 1. The van der Waals surface area contributed by atoms with Crippen LogP contribution in [0.15, 0.2) is 24.3 Å². The Labute approximate surface area is 103 Å². The molecule has 0 radical (unpaired) electrons. The van der Waals surface area contributed by atoms with E-state index < -0.39 is 0 Å². The maximum atomic E-state index is 12.1. The van der Waals surface area contributed by atoms with Crippen LogP contribution in [0.25, 0.3) is 0 Å². The third kappa shape index (κ3) is 2.95. The number of rotatable bonds is 5. The molecule has 0 N–H and O–H groups in total. The van der Waals surface area contributed by atoms with Crippen LogP contribution in [-0.2, 0) is 11.2 Å². The molecule has 17 heavy (non-hydrogen) atoms. The van der Waals surface area contributed by atoms with E-state index in [2.05, 4.69) is 6.92 Å². The Bertz CT molecular complexity index is 376. The summed E-state index contributed by atoms with van der Waals surface area (Å²) in [4.78, 5) is 12.1. The predicted molar refractivity (Wildman–Crippen MR) is 68.3 cm³/mol. The van der Waals surface area contributed by atoms with Crippen molar-refractivity contribution in [1.29, 1.82) is 0 Å². The zero-order chi connectivity index (χ0) is 12.3. The number of hydrogen-bond acceptors (Lipinski definition) is 2. The molecule has 0 saturated heterocycles. The Hall–Kier alpha value is -1.15. The molecule has 0 spiro atoms. The highest BCUT2D eigenvalue weighted by molar-refractivity contribution is 5.99. The van der Waals surface area contributed by atoms with Gasteiger partial charge in [-0.25, -0.2) is 0 Å². The van der Waals surface area contributed by atoms with E-state index >= 15 is 0 Å². The van der Waals surface area contributed by atoms with Gasteiger partial charge in [0.2, 0.25) is 0 Å². The Morgan fingerprint density at radius 1 is 1.35 bits per heavy atom. The molecule has 2 rings (SSSR count). The van der Waals surface area contributed by atoms with Crippen molar-refractivity contribution in [2.45, 2.75) is 51.7 Å². The lowest BCUT2D eigenvalue weighted by atomic mass is 9.95. The molecular weight excluding hydrogens is 212 g/mol. The Morgan fingerprint density at radius 3 is 2.47 bits per heavy atom. The zero-order valence-electron chi connectivity index (χ0n) is 10.6. The van der Waals surface area contributed by atoms with Crippen molar-refractivity contribution in [2.24, 2.45) is 0 Å². The molecule has 1 aliphatic rings. The molecule has 0 amide bonds. The molecule has 1 atom stereocenters. The average Bonchev–Trinajstić information content (AvgIpc) is 2.32. The van der Waals surface area contributed by atoms with Crippen molar-refractivity contribution in [2.75, 3.05) is 0 Å². The summed E-state index contributed by atoms with van der Waals surface area (Å²) in [6, 6.07) is 7.84. The average molecular weight is 232 g/mol. The van der Waals surface area contributed by atoms with Crippen molar-refractivity contribution in [3.63, 3.8) is 0 Å². The minimum Gasteiger partial charge on any atom is -0.367 e. The van der Waals surface area contributed by atoms with Crippen LogP contribution in [0.1, 0.15) is 49.0 Å². The smallest absolute Gasteiger partial charge is 0.191 e. The maximum Gasteiger partial charge on any atom is 0.191 e. The Balaban J connectivity index is 1.96. The van der Waals surface area contributed by atoms with Gasteiger partial charge >= 0.3 is 0 Å². The second-order valence-corrected chi connectivity index (χ2v) is 4.75. The molecule has 0 heterocycles. The summed E-state index contributed by atoms with van der Waals surface area (Å²) < 4.78 is 5.71. The highest BCUT2D eigenvalue weighted by Gasteiger charge is 2.24. The van der Waals surface area contributed by atoms with Gasteiger partial charge in [0.05, 0.1) is 6.10 Å². The van der Waals surface area contributed by atoms with E-state index in [-0.39, 0.29) is 11.9 Å². The second-order valence-electron chi connectivity index (χ2n) is 4.75. The van der Waals surface area contributed by atoms with Crippen LogP contribution in [0.4, 0.5) is 0 Å². The summed E-state index contributed by atoms with van der Waals surface area (Å²) in [5, 5.41) is 0. The van der Waals surface area contributed by atoms with Gasteiger partial charge in [-0.2, -0.15) is 0 Å². The molecule has 1 aromatic rings. The van der Waals surface area contributed by atoms with Gasteiger partial charge in [0, 0.05) is 5.56 Å². The summed E-state index contributed by atoms with van der Waals surface area (Å²) in [6.07, 6.45) is 4.44. The lowest BCUT2D eigenvalue weighted by Crippen LogP contribution is -2.31. The van der Waals surface area contributed by atoms with E-state index in [0.29, 0.717) is 6.10 Å². The monoisotopic (exact) mass is 232 g/mol. The third-order valence-electron chi connectivity index (χ3n) is 3.46. The lowest BCUT2D eigenvalue weighted by Gasteiger charge is -2.28. The molecule has 92 valence electrons. The highest BCUT2D eigenvalue weighted by atomic mass is 16.5. The fourth-order valence-corrected chi connectivity index (χ4v) is 2.00. The lowest BCUT2D eigenvalue weighted by molar-refractivity contribution is -0.0313. The summed E-state index contributed by atoms with van der Waals surface area (Å²) in [5.41, 5.74) is 2.02. The van der Waals surface area contributed by atoms with Crippen molar-refractivity contribution < 1.29 is 9.53 Å². The van der Waals surface area contributed by atoms with E-state index in [9.17, 15) is 4.79 Å². The van der Waals surface area contributed by atoms with Gasteiger partial charge in [-0.1, -0.05) is 31.2 Å². The van der Waals surface area contributed by atoms with Crippen LogP contribution in [0, 0.1) is 0 Å². The fourth-order valence-electron chi connectivity index (χ4n) is 2.00. The van der Waals surface area contributed by atoms with Crippen LogP contribution in [0.2, 0.25) is 0 Å². The van der Waals surface area contributed by atoms with Gasteiger partial charge < -0.3 is 4.74 Å². The van der Waals surface area contributed by atoms with Gasteiger partial charge in [0.1, 0.15) is 6.10 Å². The Morgan fingerprint density at radius 2 is 2.00 bits per heavy atom. The molecule has 0 aromatic heterocycles. The van der Waals surface area contributed by atoms with Gasteiger partial charge in [0.25, 0.3) is 0 Å². The molecule has 0 bridgehead atoms. The first-order valence-electron chi connectivity index (χ1n) is 6.49. The molecule has 0 aliphatic heterocycles. The summed E-state index contributed by atoms with van der Waals surface area (Å²) in [7, 11) is 0. The van der Waals surface area contributed by atoms with Gasteiger partial charge in [-0.05, 0) is 38.2 Å². The number of hydrogen-bond donors (Lipinski definition) is 0. The number of ketones is 1. The summed E-state index contributed by atoms with van der Waals surface area (Å²) in [5.74, 6) is 0.0968. The Kier molecular flexibility index (Phi) is 3.95. The number of ether oxygens (including phenoxy) is 1. The van der Waals surface area contributed by atoms with Crippen molar-refractivity contribution in [3.8, 4) is 0 Å². The van der Waals surface area contributed by atoms with Crippen LogP contribution in [-0.4, -0.2) is 18.0 Å². The van der Waals surface area contributed by atoms with Gasteiger partial charge in [-0.3, -0.25) is 4.79 Å². The van der Waals surface area contributed by atoms with Gasteiger partial charge in [-0.15, -0.1) is 0 Å². The van der Waals surface area contributed by atoms with Gasteiger partial charge in [0.15, 0.2) is 5.78 Å². The first-order valence-corrected chi connectivity index (χ1v) is 6.49. The molecule has 1 aromatic carbocycles. The van der Waals surface area contributed by atoms with E-state index in [1.165, 1.54) is 12.0 Å². The number of carbonyl (C=O) groups excluding carboxylic acids is 1. The first kappa shape index (κ1) is 12.3. The molecule has 1 fully saturated rings. The van der Waals surface area contributed by atoms with E-state index in [0.717, 1.165) is 24.8 Å². The van der Waals surface area contributed by atoms with Crippen LogP contribution >= 0.6 is 0 Å².